The van der Waals surface area contributed by atoms with Gasteiger partial charge in [0.1, 0.15) is 18.2 Å². The Labute approximate surface area is 235 Å². The average molecular weight is 566 g/mol. The van der Waals surface area contributed by atoms with Crippen molar-refractivity contribution in [3.8, 4) is 5.75 Å². The third-order valence-electron chi connectivity index (χ3n) is 6.05. The first kappa shape index (κ1) is 26.6. The summed E-state index contributed by atoms with van der Waals surface area (Å²) in [5, 5.41) is 8.59. The van der Waals surface area contributed by atoms with E-state index in [0.717, 1.165) is 37.1 Å². The number of aromatic nitrogens is 3. The Hall–Kier alpha value is -3.95. The van der Waals surface area contributed by atoms with Gasteiger partial charge >= 0.3 is 0 Å². The van der Waals surface area contributed by atoms with Gasteiger partial charge in [-0.3, -0.25) is 0 Å². The number of hydrogen-bond donors (Lipinski definition) is 2. The fourth-order valence-electron chi connectivity index (χ4n) is 4.04. The smallest absolute Gasteiger partial charge is 0.250 e. The van der Waals surface area contributed by atoms with Crippen molar-refractivity contribution >= 4 is 52.9 Å². The minimum absolute atomic E-state index is 0.276. The van der Waals surface area contributed by atoms with Crippen LogP contribution in [0, 0.1) is 5.82 Å². The third kappa shape index (κ3) is 7.34. The fourth-order valence-corrected chi connectivity index (χ4v) is 4.50. The van der Waals surface area contributed by atoms with Crippen LogP contribution >= 0.6 is 23.2 Å². The summed E-state index contributed by atoms with van der Waals surface area (Å²) in [5.41, 5.74) is 5.15. The molecule has 200 valence electrons. The van der Waals surface area contributed by atoms with Crippen LogP contribution in [0.3, 0.4) is 0 Å². The van der Waals surface area contributed by atoms with E-state index in [1.54, 1.807) is 30.5 Å². The number of ether oxygens (including phenoxy) is 1. The quantitative estimate of drug-likeness (QED) is 0.165. The second-order valence-corrected chi connectivity index (χ2v) is 9.74. The molecular formula is C28H26Cl2FN7O. The van der Waals surface area contributed by atoms with Gasteiger partial charge in [0.25, 0.3) is 0 Å². The maximum Gasteiger partial charge on any atom is 0.250 e. The number of piperidine rings is 1. The van der Waals surface area contributed by atoms with Crippen molar-refractivity contribution in [1.29, 1.82) is 0 Å². The zero-order valence-corrected chi connectivity index (χ0v) is 22.5. The van der Waals surface area contributed by atoms with Crippen LogP contribution < -0.4 is 20.4 Å². The lowest BCUT2D eigenvalue weighted by atomic mass is 10.1. The van der Waals surface area contributed by atoms with E-state index in [9.17, 15) is 4.39 Å². The van der Waals surface area contributed by atoms with Gasteiger partial charge in [0.2, 0.25) is 17.8 Å². The lowest BCUT2D eigenvalue weighted by Crippen LogP contribution is -2.31. The van der Waals surface area contributed by atoms with Gasteiger partial charge in [-0.15, -0.1) is 0 Å². The molecule has 1 saturated heterocycles. The van der Waals surface area contributed by atoms with E-state index >= 15 is 0 Å². The van der Waals surface area contributed by atoms with Crippen molar-refractivity contribution in [2.45, 2.75) is 25.9 Å². The predicted molar refractivity (Wildman–Crippen MR) is 154 cm³/mol. The molecular weight excluding hydrogens is 540 g/mol. The summed E-state index contributed by atoms with van der Waals surface area (Å²) in [5.74, 6) is 1.48. The van der Waals surface area contributed by atoms with Crippen molar-refractivity contribution in [1.82, 2.24) is 15.0 Å². The highest BCUT2D eigenvalue weighted by atomic mass is 35.5. The van der Waals surface area contributed by atoms with Crippen LogP contribution in [0.4, 0.5) is 27.9 Å². The molecule has 0 aliphatic carbocycles. The second-order valence-electron chi connectivity index (χ2n) is 8.89. The van der Waals surface area contributed by atoms with Gasteiger partial charge < -0.3 is 15.0 Å². The number of nitrogens with zero attached hydrogens (tertiary/aromatic N) is 5. The number of rotatable bonds is 9. The molecule has 8 nitrogen and oxygen atoms in total. The topological polar surface area (TPSA) is 87.6 Å². The zero-order chi connectivity index (χ0) is 27.0. The number of para-hydroxylation sites is 1. The number of halogens is 3. The summed E-state index contributed by atoms with van der Waals surface area (Å²) in [6, 6.07) is 18.8. The van der Waals surface area contributed by atoms with Gasteiger partial charge in [0, 0.05) is 39.9 Å². The zero-order valence-electron chi connectivity index (χ0n) is 20.9. The molecule has 11 heteroatoms. The van der Waals surface area contributed by atoms with E-state index in [-0.39, 0.29) is 18.4 Å². The number of benzene rings is 3. The van der Waals surface area contributed by atoms with E-state index in [4.69, 9.17) is 27.9 Å². The van der Waals surface area contributed by atoms with Crippen LogP contribution in [0.5, 0.6) is 5.75 Å². The number of anilines is 4. The summed E-state index contributed by atoms with van der Waals surface area (Å²) in [6.45, 7) is 2.01. The van der Waals surface area contributed by atoms with Crippen LogP contribution in [-0.4, -0.2) is 34.3 Å². The Morgan fingerprint density at radius 1 is 0.923 bits per heavy atom. The third-order valence-corrected chi connectivity index (χ3v) is 6.64. The van der Waals surface area contributed by atoms with Gasteiger partial charge in [0.05, 0.1) is 6.21 Å². The second kappa shape index (κ2) is 12.7. The molecule has 0 radical (unpaired) electrons. The summed E-state index contributed by atoms with van der Waals surface area (Å²) < 4.78 is 19.4. The Balaban J connectivity index is 1.32. The number of hydrazone groups is 1. The van der Waals surface area contributed by atoms with E-state index in [1.165, 1.54) is 18.6 Å². The molecule has 1 aliphatic rings. The fraction of sp³-hybridized carbons (Fsp3) is 0.214. The molecule has 0 bridgehead atoms. The van der Waals surface area contributed by atoms with Crippen LogP contribution in [-0.2, 0) is 6.61 Å². The molecule has 0 amide bonds. The lowest BCUT2D eigenvalue weighted by Gasteiger charge is -2.26. The van der Waals surface area contributed by atoms with E-state index in [1.807, 2.05) is 30.3 Å². The molecule has 1 aromatic heterocycles. The Morgan fingerprint density at radius 2 is 1.69 bits per heavy atom. The molecule has 1 aliphatic heterocycles. The van der Waals surface area contributed by atoms with Crippen molar-refractivity contribution in [3.63, 3.8) is 0 Å². The Kier molecular flexibility index (Phi) is 8.70. The van der Waals surface area contributed by atoms with Crippen LogP contribution in [0.2, 0.25) is 10.0 Å². The molecule has 39 heavy (non-hydrogen) atoms. The van der Waals surface area contributed by atoms with Gasteiger partial charge in [-0.05, 0) is 67.8 Å². The van der Waals surface area contributed by atoms with Gasteiger partial charge in [0.15, 0.2) is 0 Å². The van der Waals surface area contributed by atoms with Gasteiger partial charge in [-0.2, -0.15) is 20.1 Å². The molecule has 2 N–H and O–H groups in total. The molecule has 3 aromatic carbocycles. The lowest BCUT2D eigenvalue weighted by molar-refractivity contribution is 0.306. The van der Waals surface area contributed by atoms with Crippen molar-refractivity contribution in [2.75, 3.05) is 28.7 Å². The van der Waals surface area contributed by atoms with E-state index in [0.29, 0.717) is 33.4 Å². The molecule has 0 saturated carbocycles. The highest BCUT2D eigenvalue weighted by Crippen LogP contribution is 2.24. The monoisotopic (exact) mass is 565 g/mol. The first-order valence-corrected chi connectivity index (χ1v) is 13.3. The van der Waals surface area contributed by atoms with Crippen molar-refractivity contribution in [2.24, 2.45) is 5.10 Å². The van der Waals surface area contributed by atoms with Crippen LogP contribution in [0.1, 0.15) is 30.4 Å². The minimum Gasteiger partial charge on any atom is -0.488 e. The molecule has 1 fully saturated rings. The molecule has 5 rings (SSSR count). The standard InChI is InChI=1S/C28H26Cl2FN7O/c29-21-9-8-20(24(30)16-21)18-39-25-7-3-2-6-19(25)17-32-37-27-34-26(33-23-12-10-22(31)11-13-23)35-28(36-27)38-14-4-1-5-15-38/h2-3,6-13,16-17H,1,4-5,14-15,18H2,(H2,33,34,35,36,37)/b32-17-. The first-order valence-electron chi connectivity index (χ1n) is 12.5. The maximum absolute atomic E-state index is 13.4. The normalized spacial score (nSPS) is 13.5. The number of nitrogens with one attached hydrogen (secondary N) is 2. The molecule has 0 atom stereocenters. The van der Waals surface area contributed by atoms with Crippen molar-refractivity contribution in [3.05, 3.63) is 93.7 Å². The maximum atomic E-state index is 13.4. The number of hydrogen-bond acceptors (Lipinski definition) is 8. The highest BCUT2D eigenvalue weighted by molar-refractivity contribution is 6.35. The first-order chi connectivity index (χ1) is 19.0. The summed E-state index contributed by atoms with van der Waals surface area (Å²) in [4.78, 5) is 15.8. The molecule has 4 aromatic rings. The summed E-state index contributed by atoms with van der Waals surface area (Å²) in [6.07, 6.45) is 4.97. The van der Waals surface area contributed by atoms with Crippen LogP contribution in [0.25, 0.3) is 0 Å². The van der Waals surface area contributed by atoms with Crippen molar-refractivity contribution < 1.29 is 9.13 Å². The highest BCUT2D eigenvalue weighted by Gasteiger charge is 2.16. The molecule has 0 spiro atoms. The minimum atomic E-state index is -0.317. The Bertz CT molecular complexity index is 1450. The molecule has 0 unspecified atom stereocenters. The Morgan fingerprint density at radius 3 is 2.49 bits per heavy atom. The largest absolute Gasteiger partial charge is 0.488 e. The SMILES string of the molecule is Fc1ccc(Nc2nc(N/N=C\c3ccccc3OCc3ccc(Cl)cc3Cl)nc(N3CCCCC3)n2)cc1. The van der Waals surface area contributed by atoms with Gasteiger partial charge in [-0.25, -0.2) is 9.82 Å². The van der Waals surface area contributed by atoms with E-state index < -0.39 is 0 Å². The predicted octanol–water partition coefficient (Wildman–Crippen LogP) is 7.08. The average Bonchev–Trinajstić information content (AvgIpc) is 2.95. The van der Waals surface area contributed by atoms with Crippen LogP contribution in [0.15, 0.2) is 71.8 Å². The van der Waals surface area contributed by atoms with E-state index in [2.05, 4.69) is 35.7 Å². The van der Waals surface area contributed by atoms with Gasteiger partial charge in [-0.1, -0.05) is 41.4 Å². The molecule has 2 heterocycles. The summed E-state index contributed by atoms with van der Waals surface area (Å²) in [7, 11) is 0. The summed E-state index contributed by atoms with van der Waals surface area (Å²) >= 11 is 12.3.